The largest absolute Gasteiger partial charge is 0.450 e. The summed E-state index contributed by atoms with van der Waals surface area (Å²) in [6.07, 6.45) is 4.73. The molecule has 0 fully saturated rings. The van der Waals surface area contributed by atoms with E-state index < -0.39 is 0 Å². The van der Waals surface area contributed by atoms with Crippen molar-refractivity contribution in [2.24, 2.45) is 0 Å². The van der Waals surface area contributed by atoms with Gasteiger partial charge in [0, 0.05) is 12.3 Å². The molecule has 0 atom stereocenters. The molecule has 0 aromatic carbocycles. The highest BCUT2D eigenvalue weighted by atomic mass is 79.9. The third-order valence-electron chi connectivity index (χ3n) is 2.16. The molecule has 0 radical (unpaired) electrons. The Morgan fingerprint density at radius 2 is 2.28 bits per heavy atom. The van der Waals surface area contributed by atoms with E-state index in [9.17, 15) is 4.79 Å². The van der Waals surface area contributed by atoms with Crippen LogP contribution in [0, 0.1) is 0 Å². The number of rotatable bonds is 4. The first-order valence-corrected chi connectivity index (χ1v) is 6.14. The average Bonchev–Trinajstić information content (AvgIpc) is 2.81. The monoisotopic (exact) mass is 306 g/mol. The van der Waals surface area contributed by atoms with Crippen molar-refractivity contribution in [3.63, 3.8) is 0 Å². The summed E-state index contributed by atoms with van der Waals surface area (Å²) >= 11 is 3.19. The highest BCUT2D eigenvalue weighted by Crippen LogP contribution is 2.14. The second-order valence-electron chi connectivity index (χ2n) is 3.51. The van der Waals surface area contributed by atoms with Gasteiger partial charge in [0.2, 0.25) is 5.91 Å². The molecule has 0 aliphatic heterocycles. The number of aromatic nitrogens is 1. The van der Waals surface area contributed by atoms with E-state index in [4.69, 9.17) is 4.42 Å². The summed E-state index contributed by atoms with van der Waals surface area (Å²) in [7, 11) is 0. The summed E-state index contributed by atoms with van der Waals surface area (Å²) in [4.78, 5) is 15.6. The number of nitrogens with zero attached hydrogens (tertiary/aromatic N) is 1. The second-order valence-corrected chi connectivity index (χ2v) is 4.30. The molecule has 0 saturated carbocycles. The van der Waals surface area contributed by atoms with Crippen LogP contribution in [-0.2, 0) is 11.3 Å². The molecule has 2 aromatic rings. The molecular formula is C13H11BrN2O2. The summed E-state index contributed by atoms with van der Waals surface area (Å²) in [5.41, 5.74) is 0.819. The smallest absolute Gasteiger partial charge is 0.244 e. The second kappa shape index (κ2) is 6.16. The van der Waals surface area contributed by atoms with E-state index in [0.29, 0.717) is 17.0 Å². The lowest BCUT2D eigenvalue weighted by molar-refractivity contribution is -0.116. The molecule has 5 heteroatoms. The Bertz CT molecular complexity index is 549. The highest BCUT2D eigenvalue weighted by Gasteiger charge is 1.98. The minimum absolute atomic E-state index is 0.187. The van der Waals surface area contributed by atoms with E-state index >= 15 is 0 Å². The molecule has 4 nitrogen and oxygen atoms in total. The van der Waals surface area contributed by atoms with Crippen LogP contribution in [0.2, 0.25) is 0 Å². The fourth-order valence-electron chi connectivity index (χ4n) is 1.31. The quantitative estimate of drug-likeness (QED) is 0.884. The maximum absolute atomic E-state index is 11.5. The van der Waals surface area contributed by atoms with Gasteiger partial charge in [0.15, 0.2) is 4.67 Å². The first kappa shape index (κ1) is 12.6. The normalized spacial score (nSPS) is 10.7. The molecule has 0 saturated heterocycles. The zero-order chi connectivity index (χ0) is 12.8. The molecule has 0 spiro atoms. The third-order valence-corrected chi connectivity index (χ3v) is 2.59. The molecule has 18 heavy (non-hydrogen) atoms. The van der Waals surface area contributed by atoms with Crippen molar-refractivity contribution in [3.8, 4) is 0 Å². The van der Waals surface area contributed by atoms with Crippen molar-refractivity contribution in [3.05, 3.63) is 58.7 Å². The molecule has 2 rings (SSSR count). The van der Waals surface area contributed by atoms with Gasteiger partial charge in [-0.1, -0.05) is 6.07 Å². The highest BCUT2D eigenvalue weighted by molar-refractivity contribution is 9.10. The van der Waals surface area contributed by atoms with Crippen LogP contribution >= 0.6 is 15.9 Å². The molecule has 1 amide bonds. The van der Waals surface area contributed by atoms with Crippen molar-refractivity contribution in [1.29, 1.82) is 0 Å². The first-order valence-electron chi connectivity index (χ1n) is 5.35. The van der Waals surface area contributed by atoms with Gasteiger partial charge in [-0.2, -0.15) is 0 Å². The summed E-state index contributed by atoms with van der Waals surface area (Å²) in [6.45, 7) is 0.409. The predicted octanol–water partition coefficient (Wildman–Crippen LogP) is 2.77. The molecule has 0 bridgehead atoms. The van der Waals surface area contributed by atoms with Crippen molar-refractivity contribution >= 4 is 27.9 Å². The summed E-state index contributed by atoms with van der Waals surface area (Å²) < 4.78 is 5.87. The van der Waals surface area contributed by atoms with Gasteiger partial charge in [0.25, 0.3) is 0 Å². The maximum Gasteiger partial charge on any atom is 0.244 e. The Labute approximate surface area is 113 Å². The zero-order valence-electron chi connectivity index (χ0n) is 9.47. The van der Waals surface area contributed by atoms with E-state index in [0.717, 1.165) is 5.69 Å². The number of furan rings is 1. The van der Waals surface area contributed by atoms with Crippen LogP contribution in [0.5, 0.6) is 0 Å². The van der Waals surface area contributed by atoms with Gasteiger partial charge in [-0.15, -0.1) is 0 Å². The topological polar surface area (TPSA) is 55.1 Å². The average molecular weight is 307 g/mol. The van der Waals surface area contributed by atoms with E-state index in [-0.39, 0.29) is 5.91 Å². The minimum Gasteiger partial charge on any atom is -0.450 e. The molecule has 2 heterocycles. The fraction of sp³-hybridized carbons (Fsp3) is 0.0769. The first-order chi connectivity index (χ1) is 8.74. The Morgan fingerprint density at radius 3 is 2.94 bits per heavy atom. The van der Waals surface area contributed by atoms with Gasteiger partial charge in [-0.05, 0) is 46.3 Å². The molecule has 0 aliphatic rings. The number of carbonyl (C=O) groups excluding carboxylic acids is 1. The van der Waals surface area contributed by atoms with Crippen LogP contribution in [0.25, 0.3) is 6.08 Å². The van der Waals surface area contributed by atoms with Crippen LogP contribution in [0.4, 0.5) is 0 Å². The van der Waals surface area contributed by atoms with Gasteiger partial charge >= 0.3 is 0 Å². The predicted molar refractivity (Wildman–Crippen MR) is 71.5 cm³/mol. The SMILES string of the molecule is O=C(/C=C/c1ccc(Br)o1)NCc1ccccn1. The van der Waals surface area contributed by atoms with Crippen molar-refractivity contribution in [2.45, 2.75) is 6.54 Å². The zero-order valence-corrected chi connectivity index (χ0v) is 11.1. The Balaban J connectivity index is 1.84. The number of hydrogen-bond acceptors (Lipinski definition) is 3. The molecule has 0 aliphatic carbocycles. The van der Waals surface area contributed by atoms with Crippen LogP contribution in [-0.4, -0.2) is 10.9 Å². The van der Waals surface area contributed by atoms with Crippen LogP contribution in [0.1, 0.15) is 11.5 Å². The van der Waals surface area contributed by atoms with Gasteiger partial charge in [-0.3, -0.25) is 9.78 Å². The Kier molecular flexibility index (Phi) is 4.30. The van der Waals surface area contributed by atoms with Gasteiger partial charge in [0.1, 0.15) is 5.76 Å². The molecule has 92 valence electrons. The molecular weight excluding hydrogens is 296 g/mol. The van der Waals surface area contributed by atoms with Crippen molar-refractivity contribution in [2.75, 3.05) is 0 Å². The van der Waals surface area contributed by atoms with Crippen LogP contribution < -0.4 is 5.32 Å². The summed E-state index contributed by atoms with van der Waals surface area (Å²) in [5, 5.41) is 2.73. The lowest BCUT2D eigenvalue weighted by Crippen LogP contribution is -2.20. The van der Waals surface area contributed by atoms with Crippen LogP contribution in [0.3, 0.4) is 0 Å². The number of nitrogens with one attached hydrogen (secondary N) is 1. The van der Waals surface area contributed by atoms with Gasteiger partial charge in [-0.25, -0.2) is 0 Å². The Morgan fingerprint density at radius 1 is 1.39 bits per heavy atom. The lowest BCUT2D eigenvalue weighted by atomic mass is 10.3. The van der Waals surface area contributed by atoms with Crippen LogP contribution in [0.15, 0.2) is 51.7 Å². The van der Waals surface area contributed by atoms with Crippen molar-refractivity contribution < 1.29 is 9.21 Å². The van der Waals surface area contributed by atoms with Gasteiger partial charge < -0.3 is 9.73 Å². The van der Waals surface area contributed by atoms with E-state index in [1.165, 1.54) is 6.08 Å². The minimum atomic E-state index is -0.187. The third kappa shape index (κ3) is 3.85. The maximum atomic E-state index is 11.5. The molecule has 1 N–H and O–H groups in total. The number of pyridine rings is 1. The summed E-state index contributed by atoms with van der Waals surface area (Å²) in [5.74, 6) is 0.433. The van der Waals surface area contributed by atoms with E-state index in [2.05, 4.69) is 26.2 Å². The molecule has 0 unspecified atom stereocenters. The Hall–Kier alpha value is -1.88. The number of hydrogen-bond donors (Lipinski definition) is 1. The van der Waals surface area contributed by atoms with Gasteiger partial charge in [0.05, 0.1) is 12.2 Å². The van der Waals surface area contributed by atoms with E-state index in [1.54, 1.807) is 24.4 Å². The lowest BCUT2D eigenvalue weighted by Gasteiger charge is -2.00. The van der Waals surface area contributed by atoms with E-state index in [1.807, 2.05) is 18.2 Å². The van der Waals surface area contributed by atoms with Crippen molar-refractivity contribution in [1.82, 2.24) is 10.3 Å². The standard InChI is InChI=1S/C13H11BrN2O2/c14-12-6-4-11(18-12)5-7-13(17)16-9-10-3-1-2-8-15-10/h1-8H,9H2,(H,16,17)/b7-5+. The molecule has 2 aromatic heterocycles. The number of halogens is 1. The summed E-state index contributed by atoms with van der Waals surface area (Å²) in [6, 6.07) is 9.11. The number of carbonyl (C=O) groups is 1. The fourth-order valence-corrected chi connectivity index (χ4v) is 1.63. The number of amides is 1.